The van der Waals surface area contributed by atoms with E-state index in [9.17, 15) is 9.90 Å². The Labute approximate surface area is 117 Å². The molecule has 5 heteroatoms. The normalized spacial score (nSPS) is 11.7. The lowest BCUT2D eigenvalue weighted by molar-refractivity contribution is 0.225. The van der Waals surface area contributed by atoms with E-state index in [0.717, 1.165) is 11.3 Å². The minimum atomic E-state index is -0.444. The fraction of sp³-hybridized carbons (Fsp3) is 0.200. The Hall–Kier alpha value is -2.40. The van der Waals surface area contributed by atoms with Crippen LogP contribution in [0.5, 0.6) is 0 Å². The van der Waals surface area contributed by atoms with Crippen molar-refractivity contribution in [2.75, 3.05) is 11.9 Å². The van der Waals surface area contributed by atoms with Gasteiger partial charge in [-0.1, -0.05) is 36.4 Å². The molecular formula is C15H17N3O2. The third-order valence-electron chi connectivity index (χ3n) is 2.82. The lowest BCUT2D eigenvalue weighted by Crippen LogP contribution is -2.34. The summed E-state index contributed by atoms with van der Waals surface area (Å²) in [5.41, 5.74) is 1.67. The van der Waals surface area contributed by atoms with Crippen molar-refractivity contribution >= 4 is 11.8 Å². The zero-order chi connectivity index (χ0) is 14.4. The van der Waals surface area contributed by atoms with E-state index in [1.165, 1.54) is 0 Å². The van der Waals surface area contributed by atoms with Crippen LogP contribution in [0.25, 0.3) is 0 Å². The van der Waals surface area contributed by atoms with Crippen LogP contribution in [0.1, 0.15) is 17.3 Å². The van der Waals surface area contributed by atoms with Gasteiger partial charge in [-0.3, -0.25) is 5.32 Å². The molecule has 0 aliphatic rings. The number of anilines is 1. The third kappa shape index (κ3) is 3.80. The van der Waals surface area contributed by atoms with Crippen LogP contribution in [0.15, 0.2) is 48.5 Å². The average Bonchev–Trinajstić information content (AvgIpc) is 2.45. The molecule has 0 fully saturated rings. The Balaban J connectivity index is 2.00. The van der Waals surface area contributed by atoms with Gasteiger partial charge in [-0.05, 0) is 24.6 Å². The first-order chi connectivity index (χ1) is 9.69. The van der Waals surface area contributed by atoms with Gasteiger partial charge >= 0.3 is 6.03 Å². The van der Waals surface area contributed by atoms with Crippen molar-refractivity contribution in [2.45, 2.75) is 13.0 Å². The van der Waals surface area contributed by atoms with Crippen LogP contribution >= 0.6 is 0 Å². The maximum Gasteiger partial charge on any atom is 0.320 e. The van der Waals surface area contributed by atoms with E-state index in [4.69, 9.17) is 0 Å². The molecule has 0 saturated heterocycles. The molecule has 1 aromatic carbocycles. The number of hydrogen-bond acceptors (Lipinski definition) is 3. The first kappa shape index (κ1) is 14.0. The van der Waals surface area contributed by atoms with Crippen LogP contribution in [0, 0.1) is 6.92 Å². The maximum atomic E-state index is 11.9. The molecule has 0 radical (unpaired) electrons. The highest BCUT2D eigenvalue weighted by atomic mass is 16.3. The van der Waals surface area contributed by atoms with Crippen molar-refractivity contribution in [1.82, 2.24) is 10.3 Å². The number of aliphatic hydroxyl groups excluding tert-OH is 1. The van der Waals surface area contributed by atoms with Crippen LogP contribution in [-0.4, -0.2) is 22.7 Å². The number of aliphatic hydroxyl groups is 1. The molecule has 1 aromatic heterocycles. The minimum Gasteiger partial charge on any atom is -0.394 e. The number of nitrogens with zero attached hydrogens (tertiary/aromatic N) is 1. The highest BCUT2D eigenvalue weighted by Crippen LogP contribution is 2.12. The van der Waals surface area contributed by atoms with Gasteiger partial charge in [0.2, 0.25) is 0 Å². The van der Waals surface area contributed by atoms with Gasteiger partial charge in [-0.15, -0.1) is 0 Å². The molecule has 2 amide bonds. The van der Waals surface area contributed by atoms with Gasteiger partial charge in [0.25, 0.3) is 0 Å². The number of rotatable bonds is 4. The van der Waals surface area contributed by atoms with Crippen LogP contribution in [-0.2, 0) is 0 Å². The van der Waals surface area contributed by atoms with Gasteiger partial charge in [-0.2, -0.15) is 0 Å². The molecule has 0 spiro atoms. The fourth-order valence-corrected chi connectivity index (χ4v) is 1.84. The lowest BCUT2D eigenvalue weighted by atomic mass is 10.1. The second-order valence-corrected chi connectivity index (χ2v) is 4.41. The molecule has 2 aromatic rings. The van der Waals surface area contributed by atoms with E-state index < -0.39 is 12.1 Å². The fourth-order valence-electron chi connectivity index (χ4n) is 1.84. The van der Waals surface area contributed by atoms with Crippen LogP contribution < -0.4 is 10.6 Å². The number of benzene rings is 1. The predicted octanol–water partition coefficient (Wildman–Crippen LogP) is 2.25. The van der Waals surface area contributed by atoms with Crippen molar-refractivity contribution in [3.63, 3.8) is 0 Å². The Morgan fingerprint density at radius 2 is 1.95 bits per heavy atom. The lowest BCUT2D eigenvalue weighted by Gasteiger charge is -2.17. The molecule has 5 nitrogen and oxygen atoms in total. The van der Waals surface area contributed by atoms with Crippen molar-refractivity contribution in [3.8, 4) is 0 Å². The van der Waals surface area contributed by atoms with E-state index in [0.29, 0.717) is 5.82 Å². The molecular weight excluding hydrogens is 254 g/mol. The summed E-state index contributed by atoms with van der Waals surface area (Å²) in [5, 5.41) is 14.7. The standard InChI is InChI=1S/C15H17N3O2/c1-11-6-5-9-14(16-11)18-15(20)17-13(10-19)12-7-3-2-4-8-12/h2-9,13,19H,10H2,1H3,(H2,16,17,18,20)/t13-/m1/s1. The van der Waals surface area contributed by atoms with E-state index >= 15 is 0 Å². The molecule has 2 rings (SSSR count). The Morgan fingerprint density at radius 3 is 2.60 bits per heavy atom. The molecule has 0 unspecified atom stereocenters. The first-order valence-electron chi connectivity index (χ1n) is 6.36. The number of nitrogens with one attached hydrogen (secondary N) is 2. The SMILES string of the molecule is Cc1cccc(NC(=O)N[C@H](CO)c2ccccc2)n1. The number of aryl methyl sites for hydroxylation is 1. The number of carbonyl (C=O) groups excluding carboxylic acids is 1. The average molecular weight is 271 g/mol. The van der Waals surface area contributed by atoms with Crippen molar-refractivity contribution < 1.29 is 9.90 Å². The van der Waals surface area contributed by atoms with E-state index in [-0.39, 0.29) is 6.61 Å². The summed E-state index contributed by atoms with van der Waals surface area (Å²) >= 11 is 0. The summed E-state index contributed by atoms with van der Waals surface area (Å²) in [6.07, 6.45) is 0. The Morgan fingerprint density at radius 1 is 1.20 bits per heavy atom. The van der Waals surface area contributed by atoms with Crippen LogP contribution in [0.2, 0.25) is 0 Å². The van der Waals surface area contributed by atoms with Crippen LogP contribution in [0.3, 0.4) is 0 Å². The van der Waals surface area contributed by atoms with Crippen LogP contribution in [0.4, 0.5) is 10.6 Å². The number of hydrogen-bond donors (Lipinski definition) is 3. The smallest absolute Gasteiger partial charge is 0.320 e. The van der Waals surface area contributed by atoms with Gasteiger partial charge in [0.1, 0.15) is 5.82 Å². The molecule has 0 aliphatic heterocycles. The van der Waals surface area contributed by atoms with E-state index in [1.54, 1.807) is 6.07 Å². The monoisotopic (exact) mass is 271 g/mol. The van der Waals surface area contributed by atoms with Crippen molar-refractivity contribution in [1.29, 1.82) is 0 Å². The highest BCUT2D eigenvalue weighted by Gasteiger charge is 2.13. The van der Waals surface area contributed by atoms with Gasteiger partial charge < -0.3 is 10.4 Å². The van der Waals surface area contributed by atoms with Gasteiger partial charge in [0.15, 0.2) is 0 Å². The number of pyridine rings is 1. The van der Waals surface area contributed by atoms with Gasteiger partial charge in [0.05, 0.1) is 12.6 Å². The Kier molecular flexibility index (Phi) is 4.68. The zero-order valence-corrected chi connectivity index (χ0v) is 11.2. The zero-order valence-electron chi connectivity index (χ0n) is 11.2. The second kappa shape index (κ2) is 6.68. The maximum absolute atomic E-state index is 11.9. The molecule has 1 atom stereocenters. The summed E-state index contributed by atoms with van der Waals surface area (Å²) in [6, 6.07) is 13.9. The van der Waals surface area contributed by atoms with Crippen molar-refractivity contribution in [2.24, 2.45) is 0 Å². The van der Waals surface area contributed by atoms with Gasteiger partial charge in [0, 0.05) is 5.69 Å². The third-order valence-corrected chi connectivity index (χ3v) is 2.82. The summed E-state index contributed by atoms with van der Waals surface area (Å²) in [6.45, 7) is 1.68. The second-order valence-electron chi connectivity index (χ2n) is 4.41. The first-order valence-corrected chi connectivity index (χ1v) is 6.36. The molecule has 20 heavy (non-hydrogen) atoms. The summed E-state index contributed by atoms with van der Waals surface area (Å²) < 4.78 is 0. The number of carbonyl (C=O) groups is 1. The van der Waals surface area contributed by atoms with Gasteiger partial charge in [-0.25, -0.2) is 9.78 Å². The van der Waals surface area contributed by atoms with E-state index in [1.807, 2.05) is 49.4 Å². The topological polar surface area (TPSA) is 74.2 Å². The summed E-state index contributed by atoms with van der Waals surface area (Å²) in [5.74, 6) is 0.479. The molecule has 104 valence electrons. The largest absolute Gasteiger partial charge is 0.394 e. The highest BCUT2D eigenvalue weighted by molar-refractivity contribution is 5.88. The number of urea groups is 1. The summed E-state index contributed by atoms with van der Waals surface area (Å²) in [4.78, 5) is 16.1. The van der Waals surface area contributed by atoms with Crippen molar-refractivity contribution in [3.05, 3.63) is 59.8 Å². The Bertz CT molecular complexity index is 572. The quantitative estimate of drug-likeness (QED) is 0.798. The predicted molar refractivity (Wildman–Crippen MR) is 77.4 cm³/mol. The molecule has 0 saturated carbocycles. The minimum absolute atomic E-state index is 0.168. The number of amides is 2. The summed E-state index contributed by atoms with van der Waals surface area (Å²) in [7, 11) is 0. The van der Waals surface area contributed by atoms with E-state index in [2.05, 4.69) is 15.6 Å². The number of aromatic nitrogens is 1. The molecule has 0 aliphatic carbocycles. The molecule has 0 bridgehead atoms. The molecule has 3 N–H and O–H groups in total. The molecule has 1 heterocycles.